The van der Waals surface area contributed by atoms with Crippen LogP contribution in [0.15, 0.2) is 42.5 Å². The highest BCUT2D eigenvalue weighted by Crippen LogP contribution is 2.27. The first-order chi connectivity index (χ1) is 10.4. The predicted octanol–water partition coefficient (Wildman–Crippen LogP) is 5.09. The monoisotopic (exact) mass is 356 g/mol. The highest BCUT2D eigenvalue weighted by atomic mass is 35.5. The summed E-state index contributed by atoms with van der Waals surface area (Å²) < 4.78 is 0. The van der Waals surface area contributed by atoms with Crippen LogP contribution in [0, 0.1) is 0 Å². The van der Waals surface area contributed by atoms with Gasteiger partial charge in [0.2, 0.25) is 0 Å². The number of Topliss-reactive ketones (excluding diaryl/α,β-unsaturated/α-hetero) is 1. The second-order valence-corrected chi connectivity index (χ2v) is 5.95. The first-order valence-corrected chi connectivity index (χ1v) is 7.48. The Bertz CT molecular complexity index is 711. The van der Waals surface area contributed by atoms with Crippen LogP contribution in [-0.4, -0.2) is 16.9 Å². The van der Waals surface area contributed by atoms with Crippen LogP contribution in [0.3, 0.4) is 0 Å². The Morgan fingerprint density at radius 3 is 2.14 bits per heavy atom. The molecule has 2 aromatic rings. The largest absolute Gasteiger partial charge is 0.481 e. The average Bonchev–Trinajstić information content (AvgIpc) is 2.48. The molecule has 2 rings (SSSR count). The van der Waals surface area contributed by atoms with Gasteiger partial charge in [0.05, 0.1) is 16.0 Å². The minimum atomic E-state index is -1.07. The maximum absolute atomic E-state index is 12.3. The van der Waals surface area contributed by atoms with Gasteiger partial charge < -0.3 is 5.11 Å². The molecule has 0 amide bonds. The molecule has 22 heavy (non-hydrogen) atoms. The van der Waals surface area contributed by atoms with Gasteiger partial charge in [0, 0.05) is 17.0 Å². The summed E-state index contributed by atoms with van der Waals surface area (Å²) in [6.45, 7) is 0. The summed E-state index contributed by atoms with van der Waals surface area (Å²) in [5.41, 5.74) is 0.847. The van der Waals surface area contributed by atoms with E-state index in [-0.39, 0.29) is 17.2 Å². The van der Waals surface area contributed by atoms with Crippen molar-refractivity contribution in [2.75, 3.05) is 0 Å². The van der Waals surface area contributed by atoms with Gasteiger partial charge in [-0.2, -0.15) is 0 Å². The molecule has 0 saturated carbocycles. The summed E-state index contributed by atoms with van der Waals surface area (Å²) >= 11 is 17.5. The molecular formula is C16H11Cl3O3. The second-order valence-electron chi connectivity index (χ2n) is 4.70. The normalized spacial score (nSPS) is 12.0. The Kier molecular flexibility index (Phi) is 5.46. The number of rotatable bonds is 5. The molecule has 0 aliphatic rings. The summed E-state index contributed by atoms with van der Waals surface area (Å²) in [6, 6.07) is 10.9. The van der Waals surface area contributed by atoms with Gasteiger partial charge in [0.25, 0.3) is 0 Å². The standard InChI is InChI=1S/C16H11Cl3O3/c17-11-4-1-9(2-5-11)12(16(21)22)8-15(20)10-3-6-13(18)14(19)7-10/h1-7,12H,8H2,(H,21,22)/t12-/m0/s1. The zero-order chi connectivity index (χ0) is 16.3. The third-order valence-corrected chi connectivity index (χ3v) is 4.19. The molecule has 0 bridgehead atoms. The lowest BCUT2D eigenvalue weighted by atomic mass is 9.92. The number of benzene rings is 2. The third-order valence-electron chi connectivity index (χ3n) is 3.20. The van der Waals surface area contributed by atoms with Gasteiger partial charge in [-0.25, -0.2) is 0 Å². The molecule has 0 saturated heterocycles. The molecule has 1 atom stereocenters. The van der Waals surface area contributed by atoms with E-state index in [1.807, 2.05) is 0 Å². The summed E-state index contributed by atoms with van der Waals surface area (Å²) in [5.74, 6) is -2.34. The number of hydrogen-bond acceptors (Lipinski definition) is 2. The first-order valence-electron chi connectivity index (χ1n) is 6.35. The number of carboxylic acids is 1. The van der Waals surface area contributed by atoms with Crippen molar-refractivity contribution in [3.05, 3.63) is 68.7 Å². The van der Waals surface area contributed by atoms with Crippen LogP contribution < -0.4 is 0 Å². The fourth-order valence-electron chi connectivity index (χ4n) is 2.02. The van der Waals surface area contributed by atoms with E-state index in [0.29, 0.717) is 21.2 Å². The Morgan fingerprint density at radius 1 is 0.955 bits per heavy atom. The summed E-state index contributed by atoms with van der Waals surface area (Å²) in [5, 5.41) is 10.5. The van der Waals surface area contributed by atoms with E-state index in [0.717, 1.165) is 0 Å². The molecule has 0 heterocycles. The number of carbonyl (C=O) groups excluding carboxylic acids is 1. The van der Waals surface area contributed by atoms with Crippen molar-refractivity contribution in [1.82, 2.24) is 0 Å². The molecule has 2 aromatic carbocycles. The number of ketones is 1. The van der Waals surface area contributed by atoms with E-state index < -0.39 is 11.9 Å². The summed E-state index contributed by atoms with van der Waals surface area (Å²) in [4.78, 5) is 23.7. The maximum atomic E-state index is 12.3. The van der Waals surface area contributed by atoms with Gasteiger partial charge >= 0.3 is 5.97 Å². The molecule has 0 fully saturated rings. The lowest BCUT2D eigenvalue weighted by Gasteiger charge is -2.12. The van der Waals surface area contributed by atoms with E-state index in [4.69, 9.17) is 34.8 Å². The fraction of sp³-hybridized carbons (Fsp3) is 0.125. The maximum Gasteiger partial charge on any atom is 0.311 e. The van der Waals surface area contributed by atoms with E-state index in [1.165, 1.54) is 18.2 Å². The Hall–Kier alpha value is -1.55. The van der Waals surface area contributed by atoms with Gasteiger partial charge in [-0.1, -0.05) is 46.9 Å². The molecule has 1 N–H and O–H groups in total. The van der Waals surface area contributed by atoms with Crippen molar-refractivity contribution in [2.45, 2.75) is 12.3 Å². The quantitative estimate of drug-likeness (QED) is 0.758. The number of aliphatic carboxylic acids is 1. The van der Waals surface area contributed by atoms with E-state index in [1.54, 1.807) is 24.3 Å². The Labute approximate surface area is 142 Å². The molecule has 0 aliphatic carbocycles. The second kappa shape index (κ2) is 7.14. The van der Waals surface area contributed by atoms with E-state index >= 15 is 0 Å². The number of hydrogen-bond donors (Lipinski definition) is 1. The predicted molar refractivity (Wildman–Crippen MR) is 87.2 cm³/mol. The van der Waals surface area contributed by atoms with E-state index in [9.17, 15) is 14.7 Å². The number of carboxylic acid groups (broad SMARTS) is 1. The lowest BCUT2D eigenvalue weighted by molar-refractivity contribution is -0.138. The fourth-order valence-corrected chi connectivity index (χ4v) is 2.44. The van der Waals surface area contributed by atoms with Crippen molar-refractivity contribution >= 4 is 46.6 Å². The SMILES string of the molecule is O=C(C[C@H](C(=O)O)c1ccc(Cl)cc1)c1ccc(Cl)c(Cl)c1. The molecule has 0 spiro atoms. The minimum absolute atomic E-state index is 0.172. The van der Waals surface area contributed by atoms with Crippen molar-refractivity contribution in [2.24, 2.45) is 0 Å². The van der Waals surface area contributed by atoms with Crippen molar-refractivity contribution in [1.29, 1.82) is 0 Å². The molecule has 3 nitrogen and oxygen atoms in total. The lowest BCUT2D eigenvalue weighted by Crippen LogP contribution is -2.16. The highest BCUT2D eigenvalue weighted by molar-refractivity contribution is 6.42. The summed E-state index contributed by atoms with van der Waals surface area (Å²) in [7, 11) is 0. The highest BCUT2D eigenvalue weighted by Gasteiger charge is 2.24. The van der Waals surface area contributed by atoms with Gasteiger partial charge in [-0.3, -0.25) is 9.59 Å². The van der Waals surface area contributed by atoms with Gasteiger partial charge in [0.1, 0.15) is 0 Å². The topological polar surface area (TPSA) is 54.4 Å². The molecule has 0 radical (unpaired) electrons. The van der Waals surface area contributed by atoms with Gasteiger partial charge in [-0.15, -0.1) is 0 Å². The Morgan fingerprint density at radius 2 is 1.59 bits per heavy atom. The smallest absolute Gasteiger partial charge is 0.311 e. The van der Waals surface area contributed by atoms with Crippen LogP contribution in [0.5, 0.6) is 0 Å². The molecule has 0 unspecified atom stereocenters. The van der Waals surface area contributed by atoms with Crippen LogP contribution in [-0.2, 0) is 4.79 Å². The minimum Gasteiger partial charge on any atom is -0.481 e. The van der Waals surface area contributed by atoms with Crippen LogP contribution in [0.25, 0.3) is 0 Å². The van der Waals surface area contributed by atoms with Crippen molar-refractivity contribution < 1.29 is 14.7 Å². The number of carbonyl (C=O) groups is 2. The first kappa shape index (κ1) is 16.8. The molecule has 6 heteroatoms. The van der Waals surface area contributed by atoms with Crippen molar-refractivity contribution in [3.63, 3.8) is 0 Å². The van der Waals surface area contributed by atoms with Crippen LogP contribution >= 0.6 is 34.8 Å². The van der Waals surface area contributed by atoms with Gasteiger partial charge in [0.15, 0.2) is 5.78 Å². The van der Waals surface area contributed by atoms with Crippen LogP contribution in [0.2, 0.25) is 15.1 Å². The molecular weight excluding hydrogens is 347 g/mol. The molecule has 114 valence electrons. The molecule has 0 aromatic heterocycles. The van der Waals surface area contributed by atoms with Gasteiger partial charge in [-0.05, 0) is 35.9 Å². The molecule has 0 aliphatic heterocycles. The van der Waals surface area contributed by atoms with E-state index in [2.05, 4.69) is 0 Å². The van der Waals surface area contributed by atoms with Crippen molar-refractivity contribution in [3.8, 4) is 0 Å². The number of halogens is 3. The zero-order valence-electron chi connectivity index (χ0n) is 11.2. The Balaban J connectivity index is 2.24. The third kappa shape index (κ3) is 4.01. The zero-order valence-corrected chi connectivity index (χ0v) is 13.5. The average molecular weight is 358 g/mol. The summed E-state index contributed by atoms with van der Waals surface area (Å²) in [6.07, 6.45) is -0.172. The van der Waals surface area contributed by atoms with Crippen LogP contribution in [0.1, 0.15) is 28.3 Å². The van der Waals surface area contributed by atoms with Crippen LogP contribution in [0.4, 0.5) is 0 Å².